The van der Waals surface area contributed by atoms with Crippen molar-refractivity contribution in [3.63, 3.8) is 0 Å². The lowest BCUT2D eigenvalue weighted by Gasteiger charge is -2.25. The number of thiophene rings is 1. The Balaban J connectivity index is 1.92. The number of carboxylic acid groups (broad SMARTS) is 1. The molecule has 2 heterocycles. The number of nitriles is 1. The molecule has 2 aromatic rings. The van der Waals surface area contributed by atoms with Gasteiger partial charge in [-0.2, -0.15) is 9.57 Å². The van der Waals surface area contributed by atoms with E-state index in [1.54, 1.807) is 24.3 Å². The minimum Gasteiger partial charge on any atom is -0.478 e. The number of rotatable bonds is 5. The fourth-order valence-corrected chi connectivity index (χ4v) is 5.88. The second-order valence-electron chi connectivity index (χ2n) is 6.18. The quantitative estimate of drug-likeness (QED) is 0.773. The molecule has 1 fully saturated rings. The number of carbonyl (C=O) groups is 1. The summed E-state index contributed by atoms with van der Waals surface area (Å²) in [6.45, 7) is 1.00. The first-order valence-electron chi connectivity index (χ1n) is 8.47. The Bertz CT molecular complexity index is 1010. The lowest BCUT2D eigenvalue weighted by molar-refractivity contribution is -0.130. The zero-order valence-electron chi connectivity index (χ0n) is 14.5. The normalized spacial score (nSPS) is 16.0. The van der Waals surface area contributed by atoms with Crippen molar-refractivity contribution in [3.8, 4) is 6.07 Å². The van der Waals surface area contributed by atoms with E-state index in [4.69, 9.17) is 5.26 Å². The van der Waals surface area contributed by atoms with Crippen molar-refractivity contribution >= 4 is 39.0 Å². The summed E-state index contributed by atoms with van der Waals surface area (Å²) < 4.78 is 27.1. The molecule has 0 bridgehead atoms. The molecule has 0 unspecified atom stereocenters. The van der Waals surface area contributed by atoms with Gasteiger partial charge in [-0.3, -0.25) is 0 Å². The van der Waals surface area contributed by atoms with E-state index in [0.717, 1.165) is 30.6 Å². The van der Waals surface area contributed by atoms with Crippen LogP contribution in [0.15, 0.2) is 40.6 Å². The van der Waals surface area contributed by atoms with Gasteiger partial charge >= 0.3 is 5.97 Å². The molecule has 1 aromatic heterocycles. The Hall–Kier alpha value is -2.47. The van der Waals surface area contributed by atoms with Crippen LogP contribution in [0.5, 0.6) is 0 Å². The molecule has 8 heteroatoms. The van der Waals surface area contributed by atoms with Gasteiger partial charge in [0.1, 0.15) is 4.21 Å². The molecule has 0 atom stereocenters. The summed E-state index contributed by atoms with van der Waals surface area (Å²) >= 11 is 0.966. The van der Waals surface area contributed by atoms with Gasteiger partial charge in [-0.15, -0.1) is 11.3 Å². The molecule has 0 radical (unpaired) electrons. The maximum atomic E-state index is 12.8. The second-order valence-corrected chi connectivity index (χ2v) is 9.43. The second kappa shape index (κ2) is 8.05. The summed E-state index contributed by atoms with van der Waals surface area (Å²) in [5.41, 5.74) is 1.13. The highest BCUT2D eigenvalue weighted by molar-refractivity contribution is 7.91. The van der Waals surface area contributed by atoms with Gasteiger partial charge in [-0.1, -0.05) is 18.6 Å². The first-order chi connectivity index (χ1) is 12.9. The minimum absolute atomic E-state index is 0.0183. The van der Waals surface area contributed by atoms with Gasteiger partial charge in [0.2, 0.25) is 0 Å². The van der Waals surface area contributed by atoms with E-state index in [1.165, 1.54) is 22.5 Å². The lowest BCUT2D eigenvalue weighted by Crippen LogP contribution is -2.35. The largest absolute Gasteiger partial charge is 0.478 e. The predicted octanol–water partition coefficient (Wildman–Crippen LogP) is 3.42. The number of piperidine rings is 1. The van der Waals surface area contributed by atoms with Gasteiger partial charge < -0.3 is 5.11 Å². The average Bonchev–Trinajstić information content (AvgIpc) is 3.17. The maximum absolute atomic E-state index is 12.8. The van der Waals surface area contributed by atoms with E-state index < -0.39 is 16.0 Å². The Kier molecular flexibility index (Phi) is 5.75. The van der Waals surface area contributed by atoms with E-state index >= 15 is 0 Å². The van der Waals surface area contributed by atoms with E-state index in [0.29, 0.717) is 29.1 Å². The molecule has 1 aromatic carbocycles. The van der Waals surface area contributed by atoms with Crippen molar-refractivity contribution in [2.75, 3.05) is 13.1 Å². The fourth-order valence-electron chi connectivity index (χ4n) is 2.89. The van der Waals surface area contributed by atoms with E-state index in [1.807, 2.05) is 6.07 Å². The van der Waals surface area contributed by atoms with Gasteiger partial charge in [-0.05, 0) is 48.7 Å². The van der Waals surface area contributed by atoms with Crippen molar-refractivity contribution in [3.05, 3.63) is 52.4 Å². The lowest BCUT2D eigenvalue weighted by atomic mass is 10.1. The molecule has 27 heavy (non-hydrogen) atoms. The van der Waals surface area contributed by atoms with Crippen molar-refractivity contribution in [1.82, 2.24) is 4.31 Å². The molecule has 1 aliphatic rings. The van der Waals surface area contributed by atoms with Gasteiger partial charge in [0.05, 0.1) is 17.2 Å². The summed E-state index contributed by atoms with van der Waals surface area (Å²) in [5.74, 6) is -1.14. The zero-order chi connectivity index (χ0) is 19.4. The summed E-state index contributed by atoms with van der Waals surface area (Å²) in [7, 11) is -3.59. The number of hydrogen-bond acceptors (Lipinski definition) is 5. The van der Waals surface area contributed by atoms with Crippen LogP contribution in [0.1, 0.15) is 35.3 Å². The summed E-state index contributed by atoms with van der Waals surface area (Å²) in [6, 6.07) is 11.5. The molecule has 1 saturated heterocycles. The zero-order valence-corrected chi connectivity index (χ0v) is 16.1. The topological polar surface area (TPSA) is 98.5 Å². The molecular weight excluding hydrogens is 384 g/mol. The molecule has 0 amide bonds. The van der Waals surface area contributed by atoms with Crippen molar-refractivity contribution in [1.29, 1.82) is 5.26 Å². The highest BCUT2D eigenvalue weighted by Gasteiger charge is 2.28. The summed E-state index contributed by atoms with van der Waals surface area (Å²) in [6.07, 6.45) is 4.19. The van der Waals surface area contributed by atoms with Crippen LogP contribution in [0, 0.1) is 11.3 Å². The van der Waals surface area contributed by atoms with Crippen LogP contribution in [0.2, 0.25) is 0 Å². The third-order valence-electron chi connectivity index (χ3n) is 4.34. The molecule has 0 saturated carbocycles. The monoisotopic (exact) mass is 402 g/mol. The van der Waals surface area contributed by atoms with Crippen molar-refractivity contribution < 1.29 is 18.3 Å². The van der Waals surface area contributed by atoms with Gasteiger partial charge in [0, 0.05) is 18.0 Å². The highest BCUT2D eigenvalue weighted by atomic mass is 32.2. The van der Waals surface area contributed by atoms with Crippen LogP contribution in [0.3, 0.4) is 0 Å². The predicted molar refractivity (Wildman–Crippen MR) is 104 cm³/mol. The molecule has 3 rings (SSSR count). The number of sulfonamides is 1. The van der Waals surface area contributed by atoms with E-state index in [2.05, 4.69) is 0 Å². The molecule has 1 N–H and O–H groups in total. The smallest absolute Gasteiger partial charge is 0.337 e. The molecule has 6 nitrogen and oxygen atoms in total. The number of nitrogens with zero attached hydrogens (tertiary/aromatic N) is 2. The fraction of sp³-hybridized carbons (Fsp3) is 0.263. The van der Waals surface area contributed by atoms with Crippen LogP contribution >= 0.6 is 11.3 Å². The highest BCUT2D eigenvalue weighted by Crippen LogP contribution is 2.32. The first-order valence-corrected chi connectivity index (χ1v) is 10.7. The van der Waals surface area contributed by atoms with Crippen LogP contribution in [-0.2, 0) is 14.8 Å². The number of carboxylic acids is 1. The minimum atomic E-state index is -3.59. The van der Waals surface area contributed by atoms with E-state index in [9.17, 15) is 18.3 Å². The van der Waals surface area contributed by atoms with E-state index in [-0.39, 0.29) is 9.78 Å². The number of benzene rings is 1. The van der Waals surface area contributed by atoms with Crippen LogP contribution in [-0.4, -0.2) is 36.9 Å². The third kappa shape index (κ3) is 4.27. The molecule has 140 valence electrons. The summed E-state index contributed by atoms with van der Waals surface area (Å²) in [4.78, 5) is 12.1. The average molecular weight is 402 g/mol. The standard InChI is InChI=1S/C19H18N2O4S2/c20-13-15-6-4-14(5-7-15)12-16(19(22)23)17-8-9-18(26-17)27(24,25)21-10-2-1-3-11-21/h4-9,12H,1-3,10-11H2,(H,22,23). The van der Waals surface area contributed by atoms with Crippen molar-refractivity contribution in [2.24, 2.45) is 0 Å². The Morgan fingerprint density at radius 2 is 1.78 bits per heavy atom. The summed E-state index contributed by atoms with van der Waals surface area (Å²) in [5, 5.41) is 18.4. The molecule has 1 aliphatic heterocycles. The van der Waals surface area contributed by atoms with Gasteiger partial charge in [0.15, 0.2) is 0 Å². The van der Waals surface area contributed by atoms with Crippen LogP contribution in [0.25, 0.3) is 11.6 Å². The Morgan fingerprint density at radius 1 is 1.11 bits per heavy atom. The first kappa shape index (κ1) is 19.3. The van der Waals surface area contributed by atoms with Crippen LogP contribution in [0.4, 0.5) is 0 Å². The van der Waals surface area contributed by atoms with Crippen molar-refractivity contribution in [2.45, 2.75) is 23.5 Å². The molecule has 0 aliphatic carbocycles. The Morgan fingerprint density at radius 3 is 2.37 bits per heavy atom. The maximum Gasteiger partial charge on any atom is 0.337 e. The van der Waals surface area contributed by atoms with Crippen LogP contribution < -0.4 is 0 Å². The number of aliphatic carboxylic acids is 1. The van der Waals surface area contributed by atoms with Gasteiger partial charge in [-0.25, -0.2) is 13.2 Å². The molecular formula is C19H18N2O4S2. The third-order valence-corrected chi connectivity index (χ3v) is 7.82. The number of hydrogen-bond donors (Lipinski definition) is 1. The van der Waals surface area contributed by atoms with Gasteiger partial charge in [0.25, 0.3) is 10.0 Å². The Labute approximate surface area is 162 Å². The SMILES string of the molecule is N#Cc1ccc(C=C(C(=O)O)c2ccc(S(=O)(=O)N3CCCCC3)s2)cc1. The molecule has 0 spiro atoms.